The highest BCUT2D eigenvalue weighted by molar-refractivity contribution is 6.17. The lowest BCUT2D eigenvalue weighted by atomic mass is 10.2. The minimum absolute atomic E-state index is 0.262. The van der Waals surface area contributed by atoms with Gasteiger partial charge in [0.2, 0.25) is 5.91 Å². The Bertz CT molecular complexity index is 211. The quantitative estimate of drug-likeness (QED) is 0.690. The van der Waals surface area contributed by atoms with E-state index in [9.17, 15) is 4.79 Å². The summed E-state index contributed by atoms with van der Waals surface area (Å²) in [6.07, 6.45) is 2.46. The lowest BCUT2D eigenvalue weighted by Gasteiger charge is -2.28. The van der Waals surface area contributed by atoms with Gasteiger partial charge in [0.05, 0.1) is 0 Å². The fourth-order valence-electron chi connectivity index (χ4n) is 2.10. The zero-order valence-electron chi connectivity index (χ0n) is 9.71. The molecule has 1 aliphatic rings. The lowest BCUT2D eigenvalue weighted by Crippen LogP contribution is -2.41. The van der Waals surface area contributed by atoms with E-state index in [2.05, 4.69) is 18.9 Å². The Kier molecular flexibility index (Phi) is 5.40. The molecule has 1 aliphatic heterocycles. The molecule has 0 aromatic heterocycles. The molecular weight excluding hydrogens is 212 g/mol. The highest BCUT2D eigenvalue weighted by Crippen LogP contribution is 2.11. The van der Waals surface area contributed by atoms with Crippen LogP contribution >= 0.6 is 11.6 Å². The van der Waals surface area contributed by atoms with Crippen LogP contribution in [0.4, 0.5) is 0 Å². The van der Waals surface area contributed by atoms with E-state index in [4.69, 9.17) is 11.6 Å². The number of hydrogen-bond donors (Lipinski definition) is 0. The van der Waals surface area contributed by atoms with Gasteiger partial charge in [-0.15, -0.1) is 11.6 Å². The van der Waals surface area contributed by atoms with E-state index in [1.165, 1.54) is 0 Å². The Hall–Kier alpha value is -0.280. The third-order valence-corrected chi connectivity index (χ3v) is 3.16. The monoisotopic (exact) mass is 232 g/mol. The van der Waals surface area contributed by atoms with Gasteiger partial charge in [-0.3, -0.25) is 4.79 Å². The zero-order chi connectivity index (χ0) is 11.3. The van der Waals surface area contributed by atoms with Crippen molar-refractivity contribution in [3.63, 3.8) is 0 Å². The first-order valence-corrected chi connectivity index (χ1v) is 6.22. The van der Waals surface area contributed by atoms with Crippen molar-refractivity contribution in [2.75, 3.05) is 32.6 Å². The minimum Gasteiger partial charge on any atom is -0.339 e. The molecule has 0 saturated carbocycles. The molecule has 0 aromatic carbocycles. The van der Waals surface area contributed by atoms with Crippen LogP contribution in [-0.4, -0.2) is 54.3 Å². The summed E-state index contributed by atoms with van der Waals surface area (Å²) in [6, 6.07) is 0.334. The van der Waals surface area contributed by atoms with Gasteiger partial charge in [-0.25, -0.2) is 0 Å². The standard InChI is InChI=1S/C11H21ClN2O/c1-10-9-13(2)7-4-8-14(10)11(15)5-3-6-12/h10H,3-9H2,1-2H3. The van der Waals surface area contributed by atoms with E-state index < -0.39 is 0 Å². The van der Waals surface area contributed by atoms with Crippen LogP contribution in [0.5, 0.6) is 0 Å². The molecule has 3 nitrogen and oxygen atoms in total. The van der Waals surface area contributed by atoms with E-state index in [0.29, 0.717) is 18.3 Å². The zero-order valence-corrected chi connectivity index (χ0v) is 10.5. The first-order valence-electron chi connectivity index (χ1n) is 5.69. The molecule has 15 heavy (non-hydrogen) atoms. The molecule has 1 amide bonds. The van der Waals surface area contributed by atoms with Crippen molar-refractivity contribution in [1.82, 2.24) is 9.80 Å². The van der Waals surface area contributed by atoms with Crippen molar-refractivity contribution < 1.29 is 4.79 Å². The summed E-state index contributed by atoms with van der Waals surface area (Å²) < 4.78 is 0. The number of likely N-dealkylation sites (N-methyl/N-ethyl adjacent to an activating group) is 1. The number of hydrogen-bond acceptors (Lipinski definition) is 2. The largest absolute Gasteiger partial charge is 0.339 e. The second kappa shape index (κ2) is 6.33. The number of rotatable bonds is 3. The van der Waals surface area contributed by atoms with Crippen LogP contribution in [0.1, 0.15) is 26.2 Å². The summed E-state index contributed by atoms with van der Waals surface area (Å²) in [6.45, 7) is 5.09. The van der Waals surface area contributed by atoms with Crippen LogP contribution in [0, 0.1) is 0 Å². The second-order valence-corrected chi connectivity index (χ2v) is 4.72. The van der Waals surface area contributed by atoms with Crippen molar-refractivity contribution in [2.45, 2.75) is 32.2 Å². The number of alkyl halides is 1. The highest BCUT2D eigenvalue weighted by atomic mass is 35.5. The number of amides is 1. The van der Waals surface area contributed by atoms with Crippen LogP contribution in [0.15, 0.2) is 0 Å². The van der Waals surface area contributed by atoms with E-state index in [1.807, 2.05) is 4.90 Å². The number of nitrogens with zero attached hydrogens (tertiary/aromatic N) is 2. The van der Waals surface area contributed by atoms with Gasteiger partial charge in [-0.2, -0.15) is 0 Å². The molecule has 88 valence electrons. The Labute approximate surface area is 97.4 Å². The molecule has 0 aromatic rings. The molecule has 4 heteroatoms. The second-order valence-electron chi connectivity index (χ2n) is 4.34. The van der Waals surface area contributed by atoms with Gasteiger partial charge < -0.3 is 9.80 Å². The third-order valence-electron chi connectivity index (χ3n) is 2.89. The van der Waals surface area contributed by atoms with Gasteiger partial charge in [-0.1, -0.05) is 0 Å². The molecule has 0 aliphatic carbocycles. The Morgan fingerprint density at radius 1 is 1.47 bits per heavy atom. The van der Waals surface area contributed by atoms with Gasteiger partial charge >= 0.3 is 0 Å². The fourth-order valence-corrected chi connectivity index (χ4v) is 2.24. The maximum atomic E-state index is 11.9. The summed E-state index contributed by atoms with van der Waals surface area (Å²) in [7, 11) is 2.11. The van der Waals surface area contributed by atoms with Crippen LogP contribution in [-0.2, 0) is 4.79 Å². The topological polar surface area (TPSA) is 23.6 Å². The molecule has 0 N–H and O–H groups in total. The summed E-state index contributed by atoms with van der Waals surface area (Å²) in [5.41, 5.74) is 0. The number of halogens is 1. The van der Waals surface area contributed by atoms with Gasteiger partial charge in [0.1, 0.15) is 0 Å². The first-order chi connectivity index (χ1) is 7.15. The van der Waals surface area contributed by atoms with Crippen LogP contribution < -0.4 is 0 Å². The van der Waals surface area contributed by atoms with E-state index >= 15 is 0 Å². The van der Waals surface area contributed by atoms with Crippen molar-refractivity contribution in [3.8, 4) is 0 Å². The highest BCUT2D eigenvalue weighted by Gasteiger charge is 2.23. The van der Waals surface area contributed by atoms with Gasteiger partial charge in [0, 0.05) is 31.4 Å². The van der Waals surface area contributed by atoms with Crippen LogP contribution in [0.2, 0.25) is 0 Å². The molecule has 1 heterocycles. The SMILES string of the molecule is CC1CN(C)CCCN1C(=O)CCCCl. The smallest absolute Gasteiger partial charge is 0.222 e. The van der Waals surface area contributed by atoms with Crippen molar-refractivity contribution in [2.24, 2.45) is 0 Å². The number of carbonyl (C=O) groups excluding carboxylic acids is 1. The Morgan fingerprint density at radius 2 is 2.20 bits per heavy atom. The van der Waals surface area contributed by atoms with E-state index in [-0.39, 0.29) is 5.91 Å². The summed E-state index contributed by atoms with van der Waals surface area (Å²) in [4.78, 5) is 16.2. The Balaban J connectivity index is 2.47. The maximum absolute atomic E-state index is 11.9. The number of carbonyl (C=O) groups is 1. The molecule has 0 radical (unpaired) electrons. The van der Waals surface area contributed by atoms with Crippen molar-refractivity contribution >= 4 is 17.5 Å². The molecule has 1 unspecified atom stereocenters. The Morgan fingerprint density at radius 3 is 2.87 bits per heavy atom. The summed E-state index contributed by atoms with van der Waals surface area (Å²) in [5, 5.41) is 0. The van der Waals surface area contributed by atoms with Gasteiger partial charge in [0.25, 0.3) is 0 Å². The predicted octanol–water partition coefficient (Wildman–Crippen LogP) is 1.56. The van der Waals surface area contributed by atoms with Crippen molar-refractivity contribution in [3.05, 3.63) is 0 Å². The predicted molar refractivity (Wildman–Crippen MR) is 63.2 cm³/mol. The molecular formula is C11H21ClN2O. The molecule has 1 fully saturated rings. The fraction of sp³-hybridized carbons (Fsp3) is 0.909. The molecule has 1 saturated heterocycles. The normalized spacial score (nSPS) is 23.9. The average molecular weight is 233 g/mol. The van der Waals surface area contributed by atoms with E-state index in [0.717, 1.165) is 32.5 Å². The average Bonchev–Trinajstić information content (AvgIpc) is 2.35. The van der Waals surface area contributed by atoms with E-state index in [1.54, 1.807) is 0 Å². The van der Waals surface area contributed by atoms with Crippen LogP contribution in [0.3, 0.4) is 0 Å². The molecule has 0 spiro atoms. The third kappa shape index (κ3) is 3.99. The maximum Gasteiger partial charge on any atom is 0.222 e. The van der Waals surface area contributed by atoms with Gasteiger partial charge in [0.15, 0.2) is 0 Å². The first kappa shape index (κ1) is 12.8. The minimum atomic E-state index is 0.262. The molecule has 0 bridgehead atoms. The van der Waals surface area contributed by atoms with Crippen molar-refractivity contribution in [1.29, 1.82) is 0 Å². The molecule has 1 atom stereocenters. The molecule has 1 rings (SSSR count). The summed E-state index contributed by atoms with van der Waals surface area (Å²) in [5.74, 6) is 0.840. The lowest BCUT2D eigenvalue weighted by molar-refractivity contribution is -0.133. The van der Waals surface area contributed by atoms with Crippen LogP contribution in [0.25, 0.3) is 0 Å². The summed E-state index contributed by atoms with van der Waals surface area (Å²) >= 11 is 5.60. The van der Waals surface area contributed by atoms with Gasteiger partial charge in [-0.05, 0) is 33.4 Å².